The van der Waals surface area contributed by atoms with E-state index in [0.29, 0.717) is 5.92 Å². The predicted molar refractivity (Wildman–Crippen MR) is 75.5 cm³/mol. The molecule has 4 unspecified atom stereocenters. The van der Waals surface area contributed by atoms with Crippen molar-refractivity contribution >= 4 is 0 Å². The molecule has 1 aliphatic carbocycles. The first-order valence-corrected chi connectivity index (χ1v) is 7.56. The minimum absolute atomic E-state index is 0.264. The van der Waals surface area contributed by atoms with E-state index >= 15 is 0 Å². The Morgan fingerprint density at radius 3 is 2.72 bits per heavy atom. The van der Waals surface area contributed by atoms with Gasteiger partial charge in [0.2, 0.25) is 0 Å². The fraction of sp³-hybridized carbons (Fsp3) is 1.00. The SMILES string of the molecule is COCC1CCN(C2(CN)CC(C)CCC2C)C1. The van der Waals surface area contributed by atoms with Crippen molar-refractivity contribution in [3.05, 3.63) is 0 Å². The quantitative estimate of drug-likeness (QED) is 0.835. The van der Waals surface area contributed by atoms with E-state index in [4.69, 9.17) is 10.5 Å². The largest absolute Gasteiger partial charge is 0.384 e. The van der Waals surface area contributed by atoms with Crippen molar-refractivity contribution in [1.29, 1.82) is 0 Å². The van der Waals surface area contributed by atoms with Crippen molar-refractivity contribution in [2.45, 2.75) is 45.1 Å². The number of rotatable bonds is 4. The van der Waals surface area contributed by atoms with E-state index in [9.17, 15) is 0 Å². The zero-order chi connectivity index (χ0) is 13.2. The van der Waals surface area contributed by atoms with Gasteiger partial charge < -0.3 is 10.5 Å². The highest BCUT2D eigenvalue weighted by atomic mass is 16.5. The maximum atomic E-state index is 6.22. The van der Waals surface area contributed by atoms with Gasteiger partial charge in [0.05, 0.1) is 6.61 Å². The van der Waals surface area contributed by atoms with Crippen LogP contribution in [0.1, 0.15) is 39.5 Å². The van der Waals surface area contributed by atoms with Crippen molar-refractivity contribution in [2.75, 3.05) is 33.4 Å². The molecular formula is C15H30N2O. The number of likely N-dealkylation sites (tertiary alicyclic amines) is 1. The second-order valence-electron chi connectivity index (χ2n) is 6.65. The molecule has 0 spiro atoms. The summed E-state index contributed by atoms with van der Waals surface area (Å²) in [4.78, 5) is 2.69. The van der Waals surface area contributed by atoms with Gasteiger partial charge in [0.1, 0.15) is 0 Å². The normalized spacial score (nSPS) is 42.3. The van der Waals surface area contributed by atoms with Gasteiger partial charge in [-0.15, -0.1) is 0 Å². The molecule has 0 radical (unpaired) electrons. The minimum Gasteiger partial charge on any atom is -0.384 e. The van der Waals surface area contributed by atoms with Crippen LogP contribution < -0.4 is 5.73 Å². The van der Waals surface area contributed by atoms with Crippen LogP contribution in [-0.4, -0.2) is 43.8 Å². The maximum Gasteiger partial charge on any atom is 0.0503 e. The summed E-state index contributed by atoms with van der Waals surface area (Å²) in [5.74, 6) is 2.27. The third-order valence-corrected chi connectivity index (χ3v) is 5.38. The van der Waals surface area contributed by atoms with Gasteiger partial charge in [-0.2, -0.15) is 0 Å². The monoisotopic (exact) mass is 254 g/mol. The number of methoxy groups -OCH3 is 1. The van der Waals surface area contributed by atoms with E-state index in [1.54, 1.807) is 0 Å². The molecule has 2 fully saturated rings. The van der Waals surface area contributed by atoms with Crippen molar-refractivity contribution in [3.63, 3.8) is 0 Å². The van der Waals surface area contributed by atoms with Crippen molar-refractivity contribution in [1.82, 2.24) is 4.90 Å². The second-order valence-corrected chi connectivity index (χ2v) is 6.65. The third kappa shape index (κ3) is 2.59. The average molecular weight is 254 g/mol. The highest BCUT2D eigenvalue weighted by molar-refractivity contribution is 5.02. The molecule has 1 aliphatic heterocycles. The zero-order valence-electron chi connectivity index (χ0n) is 12.3. The molecule has 2 rings (SSSR count). The Morgan fingerprint density at radius 2 is 2.06 bits per heavy atom. The fourth-order valence-electron chi connectivity index (χ4n) is 4.17. The van der Waals surface area contributed by atoms with E-state index in [1.807, 2.05) is 7.11 Å². The van der Waals surface area contributed by atoms with Crippen LogP contribution in [0.25, 0.3) is 0 Å². The van der Waals surface area contributed by atoms with E-state index < -0.39 is 0 Å². The first kappa shape index (κ1) is 14.3. The number of nitrogens with two attached hydrogens (primary N) is 1. The van der Waals surface area contributed by atoms with Gasteiger partial charge >= 0.3 is 0 Å². The van der Waals surface area contributed by atoms with E-state index in [-0.39, 0.29) is 5.54 Å². The summed E-state index contributed by atoms with van der Waals surface area (Å²) in [7, 11) is 1.81. The standard InChI is InChI=1S/C15H30N2O/c1-12-4-5-13(2)15(8-12,11-16)17-7-6-14(9-17)10-18-3/h12-14H,4-11,16H2,1-3H3. The zero-order valence-corrected chi connectivity index (χ0v) is 12.3. The van der Waals surface area contributed by atoms with E-state index in [0.717, 1.165) is 25.0 Å². The molecule has 3 nitrogen and oxygen atoms in total. The molecule has 0 aromatic rings. The minimum atomic E-state index is 0.264. The van der Waals surface area contributed by atoms with Crippen LogP contribution in [0.3, 0.4) is 0 Å². The van der Waals surface area contributed by atoms with Gasteiger partial charge in [-0.05, 0) is 43.6 Å². The molecule has 2 N–H and O–H groups in total. The Kier molecular flexibility index (Phi) is 4.68. The van der Waals surface area contributed by atoms with Gasteiger partial charge in [0.15, 0.2) is 0 Å². The Bertz CT molecular complexity index is 271. The molecule has 0 aromatic heterocycles. The van der Waals surface area contributed by atoms with Gasteiger partial charge in [0.25, 0.3) is 0 Å². The first-order chi connectivity index (χ1) is 8.62. The lowest BCUT2D eigenvalue weighted by atomic mass is 9.68. The molecule has 3 heteroatoms. The van der Waals surface area contributed by atoms with Gasteiger partial charge in [-0.3, -0.25) is 4.90 Å². The van der Waals surface area contributed by atoms with Crippen LogP contribution in [0.2, 0.25) is 0 Å². The molecule has 106 valence electrons. The Labute approximate surface area is 112 Å². The molecular weight excluding hydrogens is 224 g/mol. The van der Waals surface area contributed by atoms with Gasteiger partial charge in [-0.1, -0.05) is 20.3 Å². The van der Waals surface area contributed by atoms with Gasteiger partial charge in [0, 0.05) is 25.7 Å². The maximum absolute atomic E-state index is 6.22. The van der Waals surface area contributed by atoms with Crippen molar-refractivity contribution in [3.8, 4) is 0 Å². The lowest BCUT2D eigenvalue weighted by Crippen LogP contribution is -2.59. The molecule has 4 atom stereocenters. The molecule has 1 heterocycles. The molecule has 1 saturated carbocycles. The summed E-state index contributed by atoms with van der Waals surface area (Å²) >= 11 is 0. The summed E-state index contributed by atoms with van der Waals surface area (Å²) in [6.07, 6.45) is 5.27. The van der Waals surface area contributed by atoms with E-state index in [2.05, 4.69) is 18.7 Å². The lowest BCUT2D eigenvalue weighted by Gasteiger charge is -2.50. The topological polar surface area (TPSA) is 38.5 Å². The highest BCUT2D eigenvalue weighted by Crippen LogP contribution is 2.42. The molecule has 0 bridgehead atoms. The molecule has 0 aromatic carbocycles. The summed E-state index contributed by atoms with van der Waals surface area (Å²) < 4.78 is 5.32. The summed E-state index contributed by atoms with van der Waals surface area (Å²) in [6, 6.07) is 0. The summed E-state index contributed by atoms with van der Waals surface area (Å²) in [5.41, 5.74) is 6.48. The van der Waals surface area contributed by atoms with Crippen LogP contribution >= 0.6 is 0 Å². The Balaban J connectivity index is 2.07. The first-order valence-electron chi connectivity index (χ1n) is 7.56. The van der Waals surface area contributed by atoms with Gasteiger partial charge in [-0.25, -0.2) is 0 Å². The number of nitrogens with zero attached hydrogens (tertiary/aromatic N) is 1. The third-order valence-electron chi connectivity index (χ3n) is 5.38. The van der Waals surface area contributed by atoms with Crippen LogP contribution in [-0.2, 0) is 4.74 Å². The summed E-state index contributed by atoms with van der Waals surface area (Å²) in [6.45, 7) is 8.91. The number of hydrogen-bond acceptors (Lipinski definition) is 3. The smallest absolute Gasteiger partial charge is 0.0503 e. The summed E-state index contributed by atoms with van der Waals surface area (Å²) in [5, 5.41) is 0. The van der Waals surface area contributed by atoms with Crippen molar-refractivity contribution in [2.24, 2.45) is 23.5 Å². The molecule has 0 amide bonds. The van der Waals surface area contributed by atoms with Crippen LogP contribution in [0.4, 0.5) is 0 Å². The second kappa shape index (κ2) is 5.89. The van der Waals surface area contributed by atoms with Crippen LogP contribution in [0.15, 0.2) is 0 Å². The van der Waals surface area contributed by atoms with Crippen LogP contribution in [0.5, 0.6) is 0 Å². The molecule has 1 saturated heterocycles. The molecule has 18 heavy (non-hydrogen) atoms. The Hall–Kier alpha value is -0.120. The lowest BCUT2D eigenvalue weighted by molar-refractivity contribution is 0.00749. The van der Waals surface area contributed by atoms with Crippen molar-refractivity contribution < 1.29 is 4.74 Å². The molecule has 2 aliphatic rings. The van der Waals surface area contributed by atoms with E-state index in [1.165, 1.54) is 38.8 Å². The number of hydrogen-bond donors (Lipinski definition) is 1. The van der Waals surface area contributed by atoms with Crippen LogP contribution in [0, 0.1) is 17.8 Å². The highest BCUT2D eigenvalue weighted by Gasteiger charge is 2.46. The Morgan fingerprint density at radius 1 is 1.28 bits per heavy atom. The number of ether oxygens (including phenoxy) is 1. The average Bonchev–Trinajstić information content (AvgIpc) is 2.82. The predicted octanol–water partition coefficient (Wildman–Crippen LogP) is 2.11. The fourth-order valence-corrected chi connectivity index (χ4v) is 4.17.